The number of nitrogens with one attached hydrogen (secondary N) is 1. The molecule has 2 aromatic rings. The van der Waals surface area contributed by atoms with Crippen LogP contribution in [-0.4, -0.2) is 88.9 Å². The molecule has 0 unspecified atom stereocenters. The van der Waals surface area contributed by atoms with E-state index in [4.69, 9.17) is 0 Å². The number of urea groups is 1. The van der Waals surface area contributed by atoms with E-state index in [9.17, 15) is 24.3 Å². The number of β-lactam (4-membered cyclic amide) rings is 1. The SMILES string of the molecule is O=C(O)[C@@H]1[C@@H](CC2CCNCC2)C(=O)N1C(=O)N1CCN(C(=O)c2ccccc2CCc2ccccc2)CC1. The fourth-order valence-electron chi connectivity index (χ4n) is 6.04. The summed E-state index contributed by atoms with van der Waals surface area (Å²) < 4.78 is 0. The van der Waals surface area contributed by atoms with Gasteiger partial charge in [0.2, 0.25) is 5.91 Å². The van der Waals surface area contributed by atoms with Crippen LogP contribution in [0.25, 0.3) is 0 Å². The van der Waals surface area contributed by atoms with Crippen LogP contribution < -0.4 is 5.32 Å². The molecule has 39 heavy (non-hydrogen) atoms. The second kappa shape index (κ2) is 12.0. The van der Waals surface area contributed by atoms with Crippen molar-refractivity contribution in [3.63, 3.8) is 0 Å². The van der Waals surface area contributed by atoms with Gasteiger partial charge in [0.15, 0.2) is 6.04 Å². The standard InChI is InChI=1S/C30H36N4O5/c35-27(24-9-5-4-8-23(24)11-10-21-6-2-1-3-7-21)32-16-18-33(19-17-32)30(39)34-26(29(37)38)25(28(34)36)20-22-12-14-31-15-13-22/h1-9,22,25-26,31H,10-20H2,(H,37,38)/t25-,26+/m1/s1. The minimum atomic E-state index is -1.14. The van der Waals surface area contributed by atoms with E-state index >= 15 is 0 Å². The Kier molecular flexibility index (Phi) is 8.26. The Hall–Kier alpha value is -3.72. The van der Waals surface area contributed by atoms with Gasteiger partial charge in [-0.15, -0.1) is 0 Å². The molecule has 5 rings (SSSR count). The van der Waals surface area contributed by atoms with Gasteiger partial charge in [0.05, 0.1) is 5.92 Å². The lowest BCUT2D eigenvalue weighted by Crippen LogP contribution is -2.69. The number of carboxylic acid groups (broad SMARTS) is 1. The third-order valence-electron chi connectivity index (χ3n) is 8.33. The van der Waals surface area contributed by atoms with Crippen molar-refractivity contribution in [3.8, 4) is 0 Å². The molecule has 3 aliphatic rings. The number of carboxylic acids is 1. The van der Waals surface area contributed by atoms with Gasteiger partial charge in [-0.3, -0.25) is 9.59 Å². The Bertz CT molecular complexity index is 1200. The first-order valence-corrected chi connectivity index (χ1v) is 13.9. The van der Waals surface area contributed by atoms with Crippen molar-refractivity contribution >= 4 is 23.8 Å². The zero-order valence-corrected chi connectivity index (χ0v) is 22.1. The highest BCUT2D eigenvalue weighted by molar-refractivity contribution is 6.07. The third kappa shape index (κ3) is 5.83. The Labute approximate surface area is 228 Å². The summed E-state index contributed by atoms with van der Waals surface area (Å²) in [5, 5.41) is 13.1. The Morgan fingerprint density at radius 1 is 0.846 bits per heavy atom. The lowest BCUT2D eigenvalue weighted by atomic mass is 9.78. The van der Waals surface area contributed by atoms with Crippen molar-refractivity contribution in [2.45, 2.75) is 38.1 Å². The van der Waals surface area contributed by atoms with Crippen LogP contribution in [0.4, 0.5) is 4.79 Å². The van der Waals surface area contributed by atoms with Crippen molar-refractivity contribution < 1.29 is 24.3 Å². The zero-order valence-electron chi connectivity index (χ0n) is 22.1. The number of piperidine rings is 1. The summed E-state index contributed by atoms with van der Waals surface area (Å²) in [6.07, 6.45) is 3.91. The van der Waals surface area contributed by atoms with Crippen molar-refractivity contribution in [2.24, 2.45) is 11.8 Å². The number of aliphatic carboxylic acids is 1. The molecule has 4 amide bonds. The summed E-state index contributed by atoms with van der Waals surface area (Å²) in [6, 6.07) is 16.1. The average molecular weight is 533 g/mol. The number of aryl methyl sites for hydroxylation is 2. The van der Waals surface area contributed by atoms with E-state index in [2.05, 4.69) is 17.4 Å². The Morgan fingerprint density at radius 2 is 1.49 bits per heavy atom. The van der Waals surface area contributed by atoms with Gasteiger partial charge >= 0.3 is 12.0 Å². The number of rotatable bonds is 7. The van der Waals surface area contributed by atoms with Crippen LogP contribution in [0.5, 0.6) is 0 Å². The quantitative estimate of drug-likeness (QED) is 0.531. The van der Waals surface area contributed by atoms with Gasteiger partial charge in [-0.05, 0) is 68.3 Å². The molecule has 0 aliphatic carbocycles. The number of carbonyl (C=O) groups excluding carboxylic acids is 3. The summed E-state index contributed by atoms with van der Waals surface area (Å²) in [6.45, 7) is 2.91. The first kappa shape index (κ1) is 26.9. The molecular weight excluding hydrogens is 496 g/mol. The molecule has 206 valence electrons. The second-order valence-corrected chi connectivity index (χ2v) is 10.7. The molecule has 3 aliphatic heterocycles. The predicted octanol–water partition coefficient (Wildman–Crippen LogP) is 2.65. The van der Waals surface area contributed by atoms with Gasteiger partial charge in [0, 0.05) is 31.7 Å². The summed E-state index contributed by atoms with van der Waals surface area (Å²) in [5.41, 5.74) is 2.86. The van der Waals surface area contributed by atoms with Crippen LogP contribution in [0.2, 0.25) is 0 Å². The van der Waals surface area contributed by atoms with E-state index < -0.39 is 29.9 Å². The molecule has 3 saturated heterocycles. The smallest absolute Gasteiger partial charge is 0.327 e. The molecule has 9 nitrogen and oxygen atoms in total. The van der Waals surface area contributed by atoms with Crippen LogP contribution in [0, 0.1) is 11.8 Å². The van der Waals surface area contributed by atoms with Crippen LogP contribution in [0.1, 0.15) is 40.7 Å². The van der Waals surface area contributed by atoms with E-state index in [1.165, 1.54) is 10.5 Å². The van der Waals surface area contributed by atoms with Gasteiger partial charge in [-0.2, -0.15) is 0 Å². The summed E-state index contributed by atoms with van der Waals surface area (Å²) in [7, 11) is 0. The monoisotopic (exact) mass is 532 g/mol. The molecule has 2 atom stereocenters. The number of imide groups is 1. The molecular formula is C30H36N4O5. The molecule has 2 N–H and O–H groups in total. The molecule has 0 radical (unpaired) electrons. The van der Waals surface area contributed by atoms with Crippen LogP contribution in [-0.2, 0) is 22.4 Å². The minimum Gasteiger partial charge on any atom is -0.480 e. The number of hydrogen-bond acceptors (Lipinski definition) is 5. The highest BCUT2D eigenvalue weighted by atomic mass is 16.4. The number of amides is 4. The van der Waals surface area contributed by atoms with Gasteiger partial charge in [-0.25, -0.2) is 14.5 Å². The fraction of sp³-hybridized carbons (Fsp3) is 0.467. The number of carbonyl (C=O) groups is 4. The molecule has 0 bridgehead atoms. The number of nitrogens with zero attached hydrogens (tertiary/aromatic N) is 3. The first-order valence-electron chi connectivity index (χ1n) is 13.9. The van der Waals surface area contributed by atoms with Gasteiger partial charge in [-0.1, -0.05) is 48.5 Å². The number of hydrogen-bond donors (Lipinski definition) is 2. The van der Waals surface area contributed by atoms with E-state index in [0.717, 1.165) is 49.2 Å². The zero-order chi connectivity index (χ0) is 27.4. The maximum atomic E-state index is 13.4. The molecule has 2 aromatic carbocycles. The maximum absolute atomic E-state index is 13.4. The molecule has 3 heterocycles. The van der Waals surface area contributed by atoms with E-state index in [1.54, 1.807) is 4.90 Å². The highest BCUT2D eigenvalue weighted by Gasteiger charge is 2.56. The second-order valence-electron chi connectivity index (χ2n) is 10.7. The maximum Gasteiger partial charge on any atom is 0.327 e. The van der Waals surface area contributed by atoms with E-state index in [1.807, 2.05) is 42.5 Å². The predicted molar refractivity (Wildman–Crippen MR) is 145 cm³/mol. The van der Waals surface area contributed by atoms with E-state index in [0.29, 0.717) is 31.0 Å². The van der Waals surface area contributed by atoms with Gasteiger partial charge < -0.3 is 20.2 Å². The average Bonchev–Trinajstić information content (AvgIpc) is 2.98. The van der Waals surface area contributed by atoms with Crippen LogP contribution in [0.3, 0.4) is 0 Å². The lowest BCUT2D eigenvalue weighted by Gasteiger charge is -2.47. The number of piperazine rings is 1. The topological polar surface area (TPSA) is 110 Å². The fourth-order valence-corrected chi connectivity index (χ4v) is 6.04. The van der Waals surface area contributed by atoms with Crippen molar-refractivity contribution in [1.29, 1.82) is 0 Å². The third-order valence-corrected chi connectivity index (χ3v) is 8.33. The van der Waals surface area contributed by atoms with Crippen molar-refractivity contribution in [2.75, 3.05) is 39.3 Å². The molecule has 0 saturated carbocycles. The molecule has 0 aromatic heterocycles. The summed E-state index contributed by atoms with van der Waals surface area (Å²) in [5.74, 6) is -1.95. The van der Waals surface area contributed by atoms with Crippen molar-refractivity contribution in [3.05, 3.63) is 71.3 Å². The highest BCUT2D eigenvalue weighted by Crippen LogP contribution is 2.35. The number of benzene rings is 2. The van der Waals surface area contributed by atoms with Crippen molar-refractivity contribution in [1.82, 2.24) is 20.0 Å². The molecule has 0 spiro atoms. The Morgan fingerprint density at radius 3 is 2.18 bits per heavy atom. The van der Waals surface area contributed by atoms with Gasteiger partial charge in [0.25, 0.3) is 5.91 Å². The summed E-state index contributed by atoms with van der Waals surface area (Å²) >= 11 is 0. The molecule has 9 heteroatoms. The molecule has 3 fully saturated rings. The Balaban J connectivity index is 1.18. The minimum absolute atomic E-state index is 0.0729. The normalized spacial score (nSPS) is 21.9. The first-order chi connectivity index (χ1) is 18.9. The number of likely N-dealkylation sites (tertiary alicyclic amines) is 1. The summed E-state index contributed by atoms with van der Waals surface area (Å²) in [4.78, 5) is 55.7. The van der Waals surface area contributed by atoms with Crippen LogP contribution >= 0.6 is 0 Å². The lowest BCUT2D eigenvalue weighted by molar-refractivity contribution is -0.167. The largest absolute Gasteiger partial charge is 0.480 e. The van der Waals surface area contributed by atoms with Crippen LogP contribution in [0.15, 0.2) is 54.6 Å². The van der Waals surface area contributed by atoms with Gasteiger partial charge in [0.1, 0.15) is 0 Å². The van der Waals surface area contributed by atoms with E-state index in [-0.39, 0.29) is 19.0 Å².